The van der Waals surface area contributed by atoms with Crippen LogP contribution in [-0.2, 0) is 0 Å². The topological polar surface area (TPSA) is 35.5 Å². The van der Waals surface area contributed by atoms with Gasteiger partial charge in [-0.1, -0.05) is 5.57 Å². The molecule has 2 aromatic carbocycles. The van der Waals surface area contributed by atoms with Gasteiger partial charge in [0.15, 0.2) is 5.78 Å². The Morgan fingerprint density at radius 2 is 1.75 bits per heavy atom. The molecule has 0 saturated carbocycles. The molecular formula is C17H18O3. The van der Waals surface area contributed by atoms with E-state index in [1.165, 1.54) is 0 Å². The lowest BCUT2D eigenvalue weighted by molar-refractivity contribution is 0.104. The zero-order valence-corrected chi connectivity index (χ0v) is 12.2. The number of carbonyl (C=O) groups is 1. The number of rotatable bonds is 4. The molecule has 2 aromatic rings. The van der Waals surface area contributed by atoms with Gasteiger partial charge in [0.2, 0.25) is 0 Å². The number of methoxy groups -OCH3 is 2. The van der Waals surface area contributed by atoms with E-state index in [9.17, 15) is 4.79 Å². The number of carbonyl (C=O) groups excluding carboxylic acids is 1. The molecule has 0 heterocycles. The second-order valence-corrected chi connectivity index (χ2v) is 4.81. The average Bonchev–Trinajstić information content (AvgIpc) is 2.44. The van der Waals surface area contributed by atoms with Gasteiger partial charge in [0, 0.05) is 10.9 Å². The lowest BCUT2D eigenvalue weighted by Gasteiger charge is -2.10. The molecule has 0 fully saturated rings. The van der Waals surface area contributed by atoms with Crippen LogP contribution in [-0.4, -0.2) is 20.0 Å². The third-order valence-corrected chi connectivity index (χ3v) is 3.09. The summed E-state index contributed by atoms with van der Waals surface area (Å²) in [5.74, 6) is 1.47. The van der Waals surface area contributed by atoms with Crippen LogP contribution in [0.5, 0.6) is 11.5 Å². The number of hydrogen-bond donors (Lipinski definition) is 0. The fourth-order valence-electron chi connectivity index (χ4n) is 2.16. The van der Waals surface area contributed by atoms with E-state index in [2.05, 4.69) is 0 Å². The molecule has 2 rings (SSSR count). The van der Waals surface area contributed by atoms with Crippen LogP contribution in [0.2, 0.25) is 0 Å². The van der Waals surface area contributed by atoms with E-state index in [0.717, 1.165) is 27.8 Å². The Morgan fingerprint density at radius 1 is 1.00 bits per heavy atom. The number of hydrogen-bond acceptors (Lipinski definition) is 3. The van der Waals surface area contributed by atoms with Crippen molar-refractivity contribution in [3.63, 3.8) is 0 Å². The molecule has 0 aliphatic carbocycles. The monoisotopic (exact) mass is 270 g/mol. The molecule has 0 N–H and O–H groups in total. The highest BCUT2D eigenvalue weighted by Gasteiger charge is 2.12. The van der Waals surface area contributed by atoms with Gasteiger partial charge in [-0.15, -0.1) is 0 Å². The molecule has 0 bridgehead atoms. The summed E-state index contributed by atoms with van der Waals surface area (Å²) in [6.07, 6.45) is 1.64. The molecular weight excluding hydrogens is 252 g/mol. The van der Waals surface area contributed by atoms with Gasteiger partial charge in [-0.25, -0.2) is 0 Å². The molecule has 0 unspecified atom stereocenters. The summed E-state index contributed by atoms with van der Waals surface area (Å²) < 4.78 is 10.6. The summed E-state index contributed by atoms with van der Waals surface area (Å²) in [6.45, 7) is 3.82. The predicted octanol–water partition coefficient (Wildman–Crippen LogP) is 4.01. The highest BCUT2D eigenvalue weighted by molar-refractivity contribution is 6.14. The molecule has 0 aliphatic rings. The number of allylic oxidation sites excluding steroid dienone is 2. The van der Waals surface area contributed by atoms with Crippen molar-refractivity contribution in [2.75, 3.05) is 14.2 Å². The van der Waals surface area contributed by atoms with E-state index < -0.39 is 0 Å². The summed E-state index contributed by atoms with van der Waals surface area (Å²) >= 11 is 0. The van der Waals surface area contributed by atoms with Crippen molar-refractivity contribution in [3.05, 3.63) is 47.5 Å². The van der Waals surface area contributed by atoms with E-state index in [-0.39, 0.29) is 5.78 Å². The van der Waals surface area contributed by atoms with Crippen LogP contribution in [0.1, 0.15) is 24.2 Å². The summed E-state index contributed by atoms with van der Waals surface area (Å²) in [7, 11) is 3.23. The largest absolute Gasteiger partial charge is 0.497 e. The van der Waals surface area contributed by atoms with Crippen molar-refractivity contribution in [2.24, 2.45) is 0 Å². The normalized spacial score (nSPS) is 10.2. The lowest BCUT2D eigenvalue weighted by atomic mass is 9.99. The molecule has 104 valence electrons. The first kappa shape index (κ1) is 14.1. The van der Waals surface area contributed by atoms with Gasteiger partial charge < -0.3 is 9.47 Å². The first-order valence-electron chi connectivity index (χ1n) is 6.40. The van der Waals surface area contributed by atoms with E-state index in [1.807, 2.05) is 38.1 Å². The van der Waals surface area contributed by atoms with E-state index >= 15 is 0 Å². The standard InChI is InChI=1S/C17H18O3/c1-11(2)9-16(18)14-7-8-17(20-4)15-10-12(19-3)5-6-13(14)15/h5-10H,1-4H3. The first-order chi connectivity index (χ1) is 9.56. The zero-order chi connectivity index (χ0) is 14.7. The number of ketones is 1. The number of ether oxygens (including phenoxy) is 2. The quantitative estimate of drug-likeness (QED) is 0.622. The summed E-state index contributed by atoms with van der Waals surface area (Å²) in [4.78, 5) is 12.3. The lowest BCUT2D eigenvalue weighted by Crippen LogP contribution is -1.98. The van der Waals surface area contributed by atoms with Crippen molar-refractivity contribution in [3.8, 4) is 11.5 Å². The third kappa shape index (κ3) is 2.67. The van der Waals surface area contributed by atoms with Gasteiger partial charge in [-0.05, 0) is 55.6 Å². The minimum Gasteiger partial charge on any atom is -0.497 e. The first-order valence-corrected chi connectivity index (χ1v) is 6.40. The highest BCUT2D eigenvalue weighted by atomic mass is 16.5. The van der Waals surface area contributed by atoms with Crippen LogP contribution in [0, 0.1) is 0 Å². The van der Waals surface area contributed by atoms with Gasteiger partial charge in [0.25, 0.3) is 0 Å². The maximum atomic E-state index is 12.3. The molecule has 3 heteroatoms. The second kappa shape index (κ2) is 5.78. The van der Waals surface area contributed by atoms with Gasteiger partial charge in [0.1, 0.15) is 11.5 Å². The zero-order valence-electron chi connectivity index (χ0n) is 12.2. The molecule has 0 atom stereocenters. The van der Waals surface area contributed by atoms with Gasteiger partial charge >= 0.3 is 0 Å². The Kier molecular flexibility index (Phi) is 4.08. The molecule has 0 aromatic heterocycles. The fraction of sp³-hybridized carbons (Fsp3) is 0.235. The van der Waals surface area contributed by atoms with Crippen molar-refractivity contribution >= 4 is 16.6 Å². The SMILES string of the molecule is COc1ccc2c(C(=O)C=C(C)C)ccc(OC)c2c1. The van der Waals surface area contributed by atoms with Crippen LogP contribution in [0.15, 0.2) is 42.0 Å². The Balaban J connectivity index is 2.69. The van der Waals surface area contributed by atoms with Crippen molar-refractivity contribution in [1.29, 1.82) is 0 Å². The van der Waals surface area contributed by atoms with Gasteiger partial charge in [-0.3, -0.25) is 4.79 Å². The predicted molar refractivity (Wildman–Crippen MR) is 80.8 cm³/mol. The summed E-state index contributed by atoms with van der Waals surface area (Å²) in [5.41, 5.74) is 1.65. The fourth-order valence-corrected chi connectivity index (χ4v) is 2.16. The molecule has 20 heavy (non-hydrogen) atoms. The number of fused-ring (bicyclic) bond motifs is 1. The molecule has 0 radical (unpaired) electrons. The Morgan fingerprint density at radius 3 is 2.35 bits per heavy atom. The van der Waals surface area contributed by atoms with Crippen molar-refractivity contribution in [2.45, 2.75) is 13.8 Å². The Hall–Kier alpha value is -2.29. The minimum atomic E-state index is 0.00261. The van der Waals surface area contributed by atoms with Crippen molar-refractivity contribution < 1.29 is 14.3 Å². The van der Waals surface area contributed by atoms with Crippen LogP contribution in [0.4, 0.5) is 0 Å². The van der Waals surface area contributed by atoms with Crippen LogP contribution < -0.4 is 9.47 Å². The third-order valence-electron chi connectivity index (χ3n) is 3.09. The number of benzene rings is 2. The van der Waals surface area contributed by atoms with Gasteiger partial charge in [0.05, 0.1) is 14.2 Å². The van der Waals surface area contributed by atoms with Crippen LogP contribution in [0.3, 0.4) is 0 Å². The van der Waals surface area contributed by atoms with Crippen LogP contribution >= 0.6 is 0 Å². The summed E-state index contributed by atoms with van der Waals surface area (Å²) in [5, 5.41) is 1.74. The van der Waals surface area contributed by atoms with E-state index in [1.54, 1.807) is 26.4 Å². The maximum Gasteiger partial charge on any atom is 0.186 e. The Bertz CT molecular complexity index is 680. The van der Waals surface area contributed by atoms with E-state index in [4.69, 9.17) is 9.47 Å². The average molecular weight is 270 g/mol. The van der Waals surface area contributed by atoms with Crippen molar-refractivity contribution in [1.82, 2.24) is 0 Å². The second-order valence-electron chi connectivity index (χ2n) is 4.81. The molecule has 0 amide bonds. The highest BCUT2D eigenvalue weighted by Crippen LogP contribution is 2.32. The summed E-state index contributed by atoms with van der Waals surface area (Å²) in [6, 6.07) is 9.24. The maximum absolute atomic E-state index is 12.3. The molecule has 0 aliphatic heterocycles. The Labute approximate surface area is 118 Å². The molecule has 0 saturated heterocycles. The molecule has 0 spiro atoms. The van der Waals surface area contributed by atoms with E-state index in [0.29, 0.717) is 5.56 Å². The minimum absolute atomic E-state index is 0.00261. The van der Waals surface area contributed by atoms with Gasteiger partial charge in [-0.2, -0.15) is 0 Å². The molecule has 3 nitrogen and oxygen atoms in total. The van der Waals surface area contributed by atoms with Crippen LogP contribution in [0.25, 0.3) is 10.8 Å². The smallest absolute Gasteiger partial charge is 0.186 e.